The maximum absolute atomic E-state index is 10.8. The maximum atomic E-state index is 10.8. The Kier molecular flexibility index (Phi) is 7.13. The van der Waals surface area contributed by atoms with Crippen LogP contribution in [0.15, 0.2) is 5.11 Å². The Morgan fingerprint density at radius 1 is 1.71 bits per heavy atom. The largest absolute Gasteiger partial charge is 0.570 e. The first kappa shape index (κ1) is 13.2. The zero-order valence-corrected chi connectivity index (χ0v) is 9.34. The van der Waals surface area contributed by atoms with Gasteiger partial charge >= 0.3 is 0 Å². The number of carbonyl (C=O) groups is 1. The highest BCUT2D eigenvalue weighted by Crippen LogP contribution is 1.98. The molecule has 7 heteroatoms. The zero-order chi connectivity index (χ0) is 11.0. The van der Waals surface area contributed by atoms with Crippen molar-refractivity contribution >= 4 is 16.9 Å². The first-order valence-corrected chi connectivity index (χ1v) is 5.19. The molecule has 0 atom stereocenters. The normalized spacial score (nSPS) is 11.9. The first-order valence-electron chi connectivity index (χ1n) is 4.21. The van der Waals surface area contributed by atoms with Gasteiger partial charge in [-0.05, 0) is 19.4 Å². The summed E-state index contributed by atoms with van der Waals surface area (Å²) >= 11 is 1.14. The van der Waals surface area contributed by atoms with Crippen LogP contribution >= 0.6 is 11.8 Å². The summed E-state index contributed by atoms with van der Waals surface area (Å²) in [5.41, 5.74) is 2.07. The van der Waals surface area contributed by atoms with Gasteiger partial charge in [-0.2, -0.15) is 0 Å². The monoisotopic (exact) mass is 221 g/mol. The van der Waals surface area contributed by atoms with E-state index >= 15 is 0 Å². The van der Waals surface area contributed by atoms with Crippen molar-refractivity contribution in [2.24, 2.45) is 5.11 Å². The third kappa shape index (κ3) is 9.27. The van der Waals surface area contributed by atoms with E-state index in [2.05, 4.69) is 10.7 Å². The van der Waals surface area contributed by atoms with Crippen molar-refractivity contribution in [1.29, 1.82) is 0 Å². The lowest BCUT2D eigenvalue weighted by atomic mass is 10.4. The van der Waals surface area contributed by atoms with Gasteiger partial charge in [-0.1, -0.05) is 11.8 Å². The molecule has 0 aromatic carbocycles. The Morgan fingerprint density at radius 3 is 2.86 bits per heavy atom. The van der Waals surface area contributed by atoms with E-state index in [9.17, 15) is 10.0 Å². The van der Waals surface area contributed by atoms with Gasteiger partial charge in [0.1, 0.15) is 6.04 Å². The minimum atomic E-state index is -0.0878. The van der Waals surface area contributed by atoms with Crippen LogP contribution in [0.3, 0.4) is 0 Å². The first-order chi connectivity index (χ1) is 6.52. The number of carbonyl (C=O) groups excluding carboxylic acids is 1. The molecule has 0 aliphatic heterocycles. The van der Waals surface area contributed by atoms with Crippen LogP contribution in [-0.2, 0) is 9.63 Å². The van der Waals surface area contributed by atoms with Gasteiger partial charge in [0.05, 0.1) is 11.6 Å². The fourth-order valence-electron chi connectivity index (χ4n) is 0.561. The molecular formula is C7H15N3O3S. The molecule has 82 valence electrons. The minimum absolute atomic E-state index is 0.0273. The van der Waals surface area contributed by atoms with Gasteiger partial charge in [0.15, 0.2) is 5.12 Å². The predicted octanol–water partition coefficient (Wildman–Crippen LogP) is 1.07. The Labute approximate surface area is 87.2 Å². The predicted molar refractivity (Wildman–Crippen MR) is 53.4 cm³/mol. The molecule has 1 N–H and O–H groups in total. The van der Waals surface area contributed by atoms with E-state index in [-0.39, 0.29) is 22.7 Å². The number of hydrazine groups is 1. The standard InChI is InChI=1S/C7H15N3O3S/c1-6(2)8-10(12)9-13-4-5-14-7(3)11/h6H,4-5H2,1-3H3,(H,8,9). The lowest BCUT2D eigenvalue weighted by Crippen LogP contribution is -2.25. The molecule has 0 aromatic rings. The zero-order valence-electron chi connectivity index (χ0n) is 8.52. The summed E-state index contributed by atoms with van der Waals surface area (Å²) in [6.45, 7) is 5.30. The lowest BCUT2D eigenvalue weighted by Gasteiger charge is -2.03. The second-order valence-corrected chi connectivity index (χ2v) is 4.03. The van der Waals surface area contributed by atoms with Gasteiger partial charge in [0.25, 0.3) is 0 Å². The van der Waals surface area contributed by atoms with E-state index in [1.54, 1.807) is 13.8 Å². The quantitative estimate of drug-likeness (QED) is 0.314. The van der Waals surface area contributed by atoms with E-state index in [0.717, 1.165) is 11.8 Å². The summed E-state index contributed by atoms with van der Waals surface area (Å²) in [5, 5.41) is 14.4. The number of rotatable bonds is 6. The van der Waals surface area contributed by atoms with Crippen LogP contribution < -0.4 is 5.59 Å². The second kappa shape index (κ2) is 7.57. The molecule has 0 rings (SSSR count). The van der Waals surface area contributed by atoms with Crippen molar-refractivity contribution < 1.29 is 14.6 Å². The van der Waals surface area contributed by atoms with Gasteiger partial charge in [0, 0.05) is 17.8 Å². The molecule has 0 saturated carbocycles. The molecular weight excluding hydrogens is 206 g/mol. The average molecular weight is 221 g/mol. The summed E-state index contributed by atoms with van der Waals surface area (Å²) in [4.78, 5) is 15.5. The Morgan fingerprint density at radius 2 is 2.36 bits per heavy atom. The van der Waals surface area contributed by atoms with Gasteiger partial charge in [0.2, 0.25) is 0 Å². The Balaban J connectivity index is 3.40. The van der Waals surface area contributed by atoms with E-state index in [1.165, 1.54) is 6.92 Å². The molecule has 0 aliphatic rings. The highest BCUT2D eigenvalue weighted by atomic mass is 32.2. The fourth-order valence-corrected chi connectivity index (χ4v) is 1.02. The summed E-state index contributed by atoms with van der Waals surface area (Å²) in [6.07, 6.45) is 0. The lowest BCUT2D eigenvalue weighted by molar-refractivity contribution is -0.646. The van der Waals surface area contributed by atoms with E-state index in [0.29, 0.717) is 5.75 Å². The van der Waals surface area contributed by atoms with Crippen molar-refractivity contribution in [3.63, 3.8) is 0 Å². The number of thioether (sulfide) groups is 1. The molecule has 0 aliphatic carbocycles. The van der Waals surface area contributed by atoms with Crippen molar-refractivity contribution in [3.05, 3.63) is 5.21 Å². The van der Waals surface area contributed by atoms with Crippen molar-refractivity contribution in [3.8, 4) is 0 Å². The highest BCUT2D eigenvalue weighted by molar-refractivity contribution is 8.13. The molecule has 0 amide bonds. The molecule has 0 saturated heterocycles. The third-order valence-corrected chi connectivity index (χ3v) is 1.75. The van der Waals surface area contributed by atoms with Crippen LogP contribution in [0.1, 0.15) is 20.8 Å². The van der Waals surface area contributed by atoms with Crippen molar-refractivity contribution in [1.82, 2.24) is 5.59 Å². The summed E-state index contributed by atoms with van der Waals surface area (Å²) in [5.74, 6) is 0.512. The Hall–Kier alpha value is -0.820. The second-order valence-electron chi connectivity index (χ2n) is 2.76. The molecule has 0 radical (unpaired) electrons. The summed E-state index contributed by atoms with van der Waals surface area (Å²) < 4.78 is 0. The topological polar surface area (TPSA) is 76.8 Å². The van der Waals surface area contributed by atoms with Gasteiger partial charge in [-0.25, -0.2) is 4.84 Å². The van der Waals surface area contributed by atoms with E-state index in [4.69, 9.17) is 4.84 Å². The molecule has 0 aromatic heterocycles. The van der Waals surface area contributed by atoms with Crippen LogP contribution in [0.4, 0.5) is 0 Å². The minimum Gasteiger partial charge on any atom is -0.570 e. The molecule has 0 spiro atoms. The molecule has 0 bridgehead atoms. The van der Waals surface area contributed by atoms with Gasteiger partial charge < -0.3 is 5.21 Å². The van der Waals surface area contributed by atoms with Crippen LogP contribution in [0.5, 0.6) is 0 Å². The van der Waals surface area contributed by atoms with Gasteiger partial charge in [-0.3, -0.25) is 4.79 Å². The summed E-state index contributed by atoms with van der Waals surface area (Å²) in [7, 11) is 0. The van der Waals surface area contributed by atoms with Crippen molar-refractivity contribution in [2.75, 3.05) is 12.4 Å². The fraction of sp³-hybridized carbons (Fsp3) is 0.857. The number of nitrogens with zero attached hydrogens (tertiary/aromatic N) is 2. The molecule has 0 heterocycles. The number of hydrogen-bond donors (Lipinski definition) is 1. The van der Waals surface area contributed by atoms with Gasteiger partial charge in [-0.15, -0.1) is 0 Å². The SMILES string of the molecule is CC(=O)SCCON[N+]([O-])=NC(C)C. The Bertz CT molecular complexity index is 208. The van der Waals surface area contributed by atoms with E-state index < -0.39 is 0 Å². The highest BCUT2D eigenvalue weighted by Gasteiger charge is 1.98. The molecule has 0 fully saturated rings. The van der Waals surface area contributed by atoms with Crippen LogP contribution in [0, 0.1) is 5.21 Å². The van der Waals surface area contributed by atoms with Crippen molar-refractivity contribution in [2.45, 2.75) is 26.8 Å². The molecule has 6 nitrogen and oxygen atoms in total. The smallest absolute Gasteiger partial charge is 0.185 e. The van der Waals surface area contributed by atoms with E-state index in [1.807, 2.05) is 0 Å². The average Bonchev–Trinajstić information content (AvgIpc) is 2.01. The van der Waals surface area contributed by atoms with Crippen LogP contribution in [-0.4, -0.2) is 28.5 Å². The molecule has 0 unspecified atom stereocenters. The molecule has 14 heavy (non-hydrogen) atoms. The summed E-state index contributed by atoms with van der Waals surface area (Å²) in [6, 6.07) is -0.0878. The maximum Gasteiger partial charge on any atom is 0.185 e. The number of nitrogens with one attached hydrogen (secondary N) is 1. The van der Waals surface area contributed by atoms with Crippen LogP contribution in [0.25, 0.3) is 0 Å². The van der Waals surface area contributed by atoms with Crippen LogP contribution in [0.2, 0.25) is 0 Å². The number of hydrogen-bond acceptors (Lipinski definition) is 5. The third-order valence-electron chi connectivity index (χ3n) is 0.969.